The minimum atomic E-state index is -0.381. The van der Waals surface area contributed by atoms with Crippen molar-refractivity contribution in [3.05, 3.63) is 52.1 Å². The number of aliphatic hydroxyl groups is 1. The maximum atomic E-state index is 10.0. The Labute approximate surface area is 137 Å². The van der Waals surface area contributed by atoms with Crippen LogP contribution in [0.3, 0.4) is 0 Å². The molecule has 0 fully saturated rings. The first-order chi connectivity index (χ1) is 10.7. The first-order valence-electron chi connectivity index (χ1n) is 7.54. The molecule has 4 heteroatoms. The van der Waals surface area contributed by atoms with Crippen LogP contribution in [-0.4, -0.2) is 22.4 Å². The first kappa shape index (κ1) is 17.2. The minimum absolute atomic E-state index is 0.131. The van der Waals surface area contributed by atoms with E-state index in [-0.39, 0.29) is 23.5 Å². The molecule has 0 bridgehead atoms. The second-order valence-corrected chi connectivity index (χ2v) is 6.43. The molecule has 2 aromatic carbocycles. The van der Waals surface area contributed by atoms with E-state index in [1.807, 2.05) is 38.1 Å². The van der Waals surface area contributed by atoms with Crippen LogP contribution in [-0.2, 0) is 12.0 Å². The molecule has 0 saturated carbocycles. The fourth-order valence-corrected chi connectivity index (χ4v) is 2.76. The molecule has 0 atom stereocenters. The highest BCUT2D eigenvalue weighted by Crippen LogP contribution is 2.40. The van der Waals surface area contributed by atoms with Crippen molar-refractivity contribution in [3.63, 3.8) is 0 Å². The van der Waals surface area contributed by atoms with Crippen molar-refractivity contribution < 1.29 is 20.1 Å². The normalized spacial score (nSPS) is 11.6. The predicted molar refractivity (Wildman–Crippen MR) is 90.3 cm³/mol. The minimum Gasteiger partial charge on any atom is -0.507 e. The second-order valence-electron chi connectivity index (χ2n) is 6.43. The summed E-state index contributed by atoms with van der Waals surface area (Å²) in [7, 11) is 1.53. The molecule has 0 heterocycles. The van der Waals surface area contributed by atoms with Crippen LogP contribution in [0, 0.1) is 13.8 Å². The van der Waals surface area contributed by atoms with Crippen LogP contribution in [0.5, 0.6) is 17.2 Å². The number of aliphatic hydroxyl groups excluding tert-OH is 1. The summed E-state index contributed by atoms with van der Waals surface area (Å²) in [6, 6.07) is 7.49. The topological polar surface area (TPSA) is 69.9 Å². The molecule has 124 valence electrons. The van der Waals surface area contributed by atoms with Gasteiger partial charge in [0.1, 0.15) is 5.75 Å². The van der Waals surface area contributed by atoms with Gasteiger partial charge in [0.15, 0.2) is 11.5 Å². The molecule has 0 unspecified atom stereocenters. The Bertz CT molecular complexity index is 671. The maximum absolute atomic E-state index is 10.0. The number of methoxy groups -OCH3 is 1. The molecule has 23 heavy (non-hydrogen) atoms. The molecule has 2 rings (SSSR count). The number of benzene rings is 2. The highest BCUT2D eigenvalue weighted by Gasteiger charge is 2.26. The molecule has 0 aliphatic heterocycles. The molecule has 2 aromatic rings. The average Bonchev–Trinajstić information content (AvgIpc) is 2.52. The summed E-state index contributed by atoms with van der Waals surface area (Å²) in [5.41, 5.74) is 3.55. The standard InChI is InChI=1S/C19H24O4/c1-11-6-14(8-13(10-20)17(11)21)19(3,4)15-7-12(2)18(22)16(9-15)23-5/h6-9,20-22H,10H2,1-5H3. The van der Waals surface area contributed by atoms with Gasteiger partial charge in [0.05, 0.1) is 13.7 Å². The van der Waals surface area contributed by atoms with Gasteiger partial charge in [0, 0.05) is 11.0 Å². The van der Waals surface area contributed by atoms with Crippen LogP contribution in [0.1, 0.15) is 41.7 Å². The second kappa shape index (κ2) is 6.13. The fourth-order valence-electron chi connectivity index (χ4n) is 2.76. The Balaban J connectivity index is 2.63. The Kier molecular flexibility index (Phi) is 4.57. The summed E-state index contributed by atoms with van der Waals surface area (Å²) < 4.78 is 5.26. The SMILES string of the molecule is COc1cc(C(C)(C)c2cc(C)c(O)c(CO)c2)cc(C)c1O. The van der Waals surface area contributed by atoms with Gasteiger partial charge >= 0.3 is 0 Å². The van der Waals surface area contributed by atoms with E-state index in [0.717, 1.165) is 22.3 Å². The van der Waals surface area contributed by atoms with E-state index in [0.29, 0.717) is 11.3 Å². The number of ether oxygens (including phenoxy) is 1. The summed E-state index contributed by atoms with van der Waals surface area (Å²) >= 11 is 0. The number of hydrogen-bond donors (Lipinski definition) is 3. The van der Waals surface area contributed by atoms with Gasteiger partial charge in [-0.2, -0.15) is 0 Å². The Morgan fingerprint density at radius 3 is 1.96 bits per heavy atom. The van der Waals surface area contributed by atoms with Crippen LogP contribution in [0.2, 0.25) is 0 Å². The lowest BCUT2D eigenvalue weighted by Gasteiger charge is -2.28. The van der Waals surface area contributed by atoms with Crippen LogP contribution in [0.4, 0.5) is 0 Å². The highest BCUT2D eigenvalue weighted by atomic mass is 16.5. The molecule has 0 aliphatic carbocycles. The van der Waals surface area contributed by atoms with Crippen molar-refractivity contribution in [1.82, 2.24) is 0 Å². The smallest absolute Gasteiger partial charge is 0.161 e. The lowest BCUT2D eigenvalue weighted by Crippen LogP contribution is -2.20. The molecular weight excluding hydrogens is 292 g/mol. The van der Waals surface area contributed by atoms with Crippen molar-refractivity contribution in [1.29, 1.82) is 0 Å². The third-order valence-corrected chi connectivity index (χ3v) is 4.48. The predicted octanol–water partition coefficient (Wildman–Crippen LogP) is 3.54. The summed E-state index contributed by atoms with van der Waals surface area (Å²) in [6.07, 6.45) is 0. The van der Waals surface area contributed by atoms with Crippen LogP contribution in [0.15, 0.2) is 24.3 Å². The van der Waals surface area contributed by atoms with E-state index in [4.69, 9.17) is 4.74 Å². The van der Waals surface area contributed by atoms with E-state index < -0.39 is 0 Å². The molecule has 0 saturated heterocycles. The Morgan fingerprint density at radius 1 is 0.913 bits per heavy atom. The van der Waals surface area contributed by atoms with Crippen molar-refractivity contribution in [2.75, 3.05) is 7.11 Å². The number of aryl methyl sites for hydroxylation is 2. The number of phenolic OH excluding ortho intramolecular Hbond substituents is 1. The Hall–Kier alpha value is -2.20. The number of rotatable bonds is 4. The van der Waals surface area contributed by atoms with Gasteiger partial charge in [-0.1, -0.05) is 26.0 Å². The summed E-state index contributed by atoms with van der Waals surface area (Å²) in [5.74, 6) is 0.711. The quantitative estimate of drug-likeness (QED) is 0.807. The van der Waals surface area contributed by atoms with Gasteiger partial charge in [-0.15, -0.1) is 0 Å². The zero-order chi connectivity index (χ0) is 17.4. The lowest BCUT2D eigenvalue weighted by atomic mass is 9.76. The van der Waals surface area contributed by atoms with Crippen molar-refractivity contribution >= 4 is 0 Å². The molecule has 0 radical (unpaired) electrons. The molecule has 0 amide bonds. The van der Waals surface area contributed by atoms with Gasteiger partial charge in [-0.3, -0.25) is 0 Å². The van der Waals surface area contributed by atoms with E-state index >= 15 is 0 Å². The van der Waals surface area contributed by atoms with Gasteiger partial charge in [0.2, 0.25) is 0 Å². The van der Waals surface area contributed by atoms with Crippen LogP contribution >= 0.6 is 0 Å². The molecular formula is C19H24O4. The van der Waals surface area contributed by atoms with Gasteiger partial charge in [-0.25, -0.2) is 0 Å². The third-order valence-electron chi connectivity index (χ3n) is 4.48. The monoisotopic (exact) mass is 316 g/mol. The molecule has 3 N–H and O–H groups in total. The van der Waals surface area contributed by atoms with Crippen LogP contribution < -0.4 is 4.74 Å². The van der Waals surface area contributed by atoms with Gasteiger partial charge < -0.3 is 20.1 Å². The summed E-state index contributed by atoms with van der Waals surface area (Å²) in [4.78, 5) is 0. The lowest BCUT2D eigenvalue weighted by molar-refractivity contribution is 0.275. The summed E-state index contributed by atoms with van der Waals surface area (Å²) in [6.45, 7) is 7.56. The Morgan fingerprint density at radius 2 is 1.43 bits per heavy atom. The zero-order valence-corrected chi connectivity index (χ0v) is 14.3. The largest absolute Gasteiger partial charge is 0.507 e. The summed E-state index contributed by atoms with van der Waals surface area (Å²) in [5, 5.41) is 29.5. The maximum Gasteiger partial charge on any atom is 0.161 e. The number of aromatic hydroxyl groups is 2. The van der Waals surface area contributed by atoms with Gasteiger partial charge in [-0.05, 0) is 48.2 Å². The highest BCUT2D eigenvalue weighted by molar-refractivity contribution is 5.53. The third kappa shape index (κ3) is 2.99. The number of phenols is 2. The molecule has 4 nitrogen and oxygen atoms in total. The van der Waals surface area contributed by atoms with Crippen molar-refractivity contribution in [2.45, 2.75) is 39.7 Å². The van der Waals surface area contributed by atoms with E-state index in [9.17, 15) is 15.3 Å². The molecule has 0 spiro atoms. The first-order valence-corrected chi connectivity index (χ1v) is 7.54. The van der Waals surface area contributed by atoms with E-state index in [1.165, 1.54) is 7.11 Å². The fraction of sp³-hybridized carbons (Fsp3) is 0.368. The zero-order valence-electron chi connectivity index (χ0n) is 14.3. The molecule has 0 aromatic heterocycles. The average molecular weight is 316 g/mol. The van der Waals surface area contributed by atoms with Crippen molar-refractivity contribution in [2.24, 2.45) is 0 Å². The molecule has 0 aliphatic rings. The van der Waals surface area contributed by atoms with Crippen molar-refractivity contribution in [3.8, 4) is 17.2 Å². The van der Waals surface area contributed by atoms with Crippen LogP contribution in [0.25, 0.3) is 0 Å². The van der Waals surface area contributed by atoms with E-state index in [1.54, 1.807) is 0 Å². The van der Waals surface area contributed by atoms with E-state index in [2.05, 4.69) is 13.8 Å². The number of hydrogen-bond acceptors (Lipinski definition) is 4. The van der Waals surface area contributed by atoms with Gasteiger partial charge in [0.25, 0.3) is 0 Å².